The van der Waals surface area contributed by atoms with E-state index in [9.17, 15) is 8.42 Å². The van der Waals surface area contributed by atoms with Gasteiger partial charge in [-0.15, -0.1) is 0 Å². The molecule has 0 aliphatic heterocycles. The van der Waals surface area contributed by atoms with Crippen molar-refractivity contribution in [1.29, 1.82) is 0 Å². The molecular weight excluding hydrogens is 282 g/mol. The van der Waals surface area contributed by atoms with Crippen LogP contribution in [0.2, 0.25) is 0 Å². The summed E-state index contributed by atoms with van der Waals surface area (Å²) in [5.41, 5.74) is 6.16. The summed E-state index contributed by atoms with van der Waals surface area (Å²) in [5, 5.41) is 0. The van der Waals surface area contributed by atoms with E-state index in [1.807, 2.05) is 0 Å². The third-order valence-corrected chi connectivity index (χ3v) is 2.98. The Kier molecular flexibility index (Phi) is 3.98. The maximum absolute atomic E-state index is 10.8. The molecule has 0 radical (unpaired) electrons. The number of benzene rings is 1. The fourth-order valence-electron chi connectivity index (χ4n) is 0.979. The van der Waals surface area contributed by atoms with E-state index in [-0.39, 0.29) is 12.4 Å². The summed E-state index contributed by atoms with van der Waals surface area (Å²) in [6.07, 6.45) is 1.17. The predicted molar refractivity (Wildman–Crippen MR) is 63.8 cm³/mol. The SMILES string of the molecule is CS(=O)(=O)CCOc1cc(N)cc(Br)c1. The van der Waals surface area contributed by atoms with Crippen molar-refractivity contribution in [2.75, 3.05) is 24.3 Å². The van der Waals surface area contributed by atoms with Crippen molar-refractivity contribution in [3.8, 4) is 5.75 Å². The molecule has 1 aromatic rings. The first-order valence-corrected chi connectivity index (χ1v) is 7.09. The zero-order valence-corrected chi connectivity index (χ0v) is 10.6. The van der Waals surface area contributed by atoms with Crippen molar-refractivity contribution in [2.45, 2.75) is 0 Å². The summed E-state index contributed by atoms with van der Waals surface area (Å²) < 4.78 is 27.7. The summed E-state index contributed by atoms with van der Waals surface area (Å²) in [6.45, 7) is 0.134. The number of nitrogens with two attached hydrogens (primary N) is 1. The van der Waals surface area contributed by atoms with Crippen molar-refractivity contribution in [3.05, 3.63) is 22.7 Å². The average molecular weight is 294 g/mol. The molecule has 0 atom stereocenters. The molecule has 0 aromatic heterocycles. The molecule has 1 aromatic carbocycles. The van der Waals surface area contributed by atoms with E-state index >= 15 is 0 Å². The highest BCUT2D eigenvalue weighted by molar-refractivity contribution is 9.10. The Morgan fingerprint density at radius 1 is 1.40 bits per heavy atom. The lowest BCUT2D eigenvalue weighted by atomic mass is 10.3. The number of ether oxygens (including phenoxy) is 1. The van der Waals surface area contributed by atoms with Gasteiger partial charge in [-0.25, -0.2) is 8.42 Å². The molecule has 0 saturated carbocycles. The molecule has 0 bridgehead atoms. The highest BCUT2D eigenvalue weighted by Gasteiger charge is 2.03. The molecule has 0 aliphatic rings. The standard InChI is InChI=1S/C9H12BrNO3S/c1-15(12,13)3-2-14-9-5-7(10)4-8(11)6-9/h4-6H,2-3,11H2,1H3. The van der Waals surface area contributed by atoms with Crippen LogP contribution in [0.3, 0.4) is 0 Å². The number of sulfone groups is 1. The maximum atomic E-state index is 10.8. The highest BCUT2D eigenvalue weighted by atomic mass is 79.9. The van der Waals surface area contributed by atoms with Crippen LogP contribution in [0.4, 0.5) is 5.69 Å². The number of anilines is 1. The van der Waals surface area contributed by atoms with E-state index in [1.165, 1.54) is 6.26 Å². The smallest absolute Gasteiger partial charge is 0.150 e. The minimum Gasteiger partial charge on any atom is -0.492 e. The van der Waals surface area contributed by atoms with Crippen molar-refractivity contribution in [2.24, 2.45) is 0 Å². The minimum absolute atomic E-state index is 0.000577. The van der Waals surface area contributed by atoms with Gasteiger partial charge in [0.25, 0.3) is 0 Å². The van der Waals surface area contributed by atoms with E-state index < -0.39 is 9.84 Å². The zero-order chi connectivity index (χ0) is 11.5. The van der Waals surface area contributed by atoms with Crippen LogP contribution in [0, 0.1) is 0 Å². The second kappa shape index (κ2) is 4.85. The molecule has 1 rings (SSSR count). The van der Waals surface area contributed by atoms with Gasteiger partial charge < -0.3 is 10.5 Å². The third kappa shape index (κ3) is 5.03. The van der Waals surface area contributed by atoms with Gasteiger partial charge in [-0.1, -0.05) is 15.9 Å². The number of hydrogen-bond donors (Lipinski definition) is 1. The van der Waals surface area contributed by atoms with Crippen LogP contribution < -0.4 is 10.5 Å². The van der Waals surface area contributed by atoms with Gasteiger partial charge in [0.1, 0.15) is 12.4 Å². The summed E-state index contributed by atoms with van der Waals surface area (Å²) in [5.74, 6) is 0.560. The Labute approximate surface area is 97.5 Å². The Balaban J connectivity index is 2.58. The zero-order valence-electron chi connectivity index (χ0n) is 8.23. The van der Waals surface area contributed by atoms with E-state index in [0.29, 0.717) is 11.4 Å². The quantitative estimate of drug-likeness (QED) is 0.853. The van der Waals surface area contributed by atoms with Crippen LogP contribution >= 0.6 is 15.9 Å². The molecule has 0 saturated heterocycles. The molecule has 2 N–H and O–H groups in total. The van der Waals surface area contributed by atoms with E-state index in [2.05, 4.69) is 15.9 Å². The van der Waals surface area contributed by atoms with Crippen LogP contribution in [0.5, 0.6) is 5.75 Å². The van der Waals surface area contributed by atoms with Gasteiger partial charge in [-0.05, 0) is 12.1 Å². The molecule has 0 fully saturated rings. The molecule has 6 heteroatoms. The second-order valence-electron chi connectivity index (χ2n) is 3.20. The number of nitrogen functional groups attached to an aromatic ring is 1. The van der Waals surface area contributed by atoms with Gasteiger partial charge in [0.2, 0.25) is 0 Å². The third-order valence-electron chi connectivity index (χ3n) is 1.62. The largest absolute Gasteiger partial charge is 0.492 e. The molecular formula is C9H12BrNO3S. The summed E-state index contributed by atoms with van der Waals surface area (Å²) >= 11 is 3.27. The first kappa shape index (κ1) is 12.3. The number of hydrogen-bond acceptors (Lipinski definition) is 4. The van der Waals surface area contributed by atoms with Crippen molar-refractivity contribution >= 4 is 31.5 Å². The lowest BCUT2D eigenvalue weighted by Crippen LogP contribution is -2.12. The Hall–Kier alpha value is -0.750. The molecule has 0 spiro atoms. The number of halogens is 1. The summed E-state index contributed by atoms with van der Waals surface area (Å²) in [6, 6.07) is 5.12. The highest BCUT2D eigenvalue weighted by Crippen LogP contribution is 2.22. The fraction of sp³-hybridized carbons (Fsp3) is 0.333. The van der Waals surface area contributed by atoms with Crippen LogP contribution in [-0.4, -0.2) is 27.0 Å². The van der Waals surface area contributed by atoms with Crippen LogP contribution in [0.15, 0.2) is 22.7 Å². The van der Waals surface area contributed by atoms with Crippen LogP contribution in [-0.2, 0) is 9.84 Å². The lowest BCUT2D eigenvalue weighted by Gasteiger charge is -2.06. The molecule has 15 heavy (non-hydrogen) atoms. The van der Waals surface area contributed by atoms with E-state index in [1.54, 1.807) is 18.2 Å². The first-order chi connectivity index (χ1) is 6.87. The molecule has 4 nitrogen and oxygen atoms in total. The molecule has 0 amide bonds. The van der Waals surface area contributed by atoms with Gasteiger partial charge in [-0.3, -0.25) is 0 Å². The van der Waals surface area contributed by atoms with Crippen LogP contribution in [0.25, 0.3) is 0 Å². The topological polar surface area (TPSA) is 69.4 Å². The van der Waals surface area contributed by atoms with Gasteiger partial charge in [0.05, 0.1) is 5.75 Å². The summed E-state index contributed by atoms with van der Waals surface area (Å²) in [4.78, 5) is 0. The van der Waals surface area contributed by atoms with Gasteiger partial charge >= 0.3 is 0 Å². The Bertz CT molecular complexity index is 424. The predicted octanol–water partition coefficient (Wildman–Crippen LogP) is 1.45. The normalized spacial score (nSPS) is 11.3. The average Bonchev–Trinajstić information content (AvgIpc) is 1.99. The monoisotopic (exact) mass is 293 g/mol. The lowest BCUT2D eigenvalue weighted by molar-refractivity contribution is 0.341. The maximum Gasteiger partial charge on any atom is 0.150 e. The second-order valence-corrected chi connectivity index (χ2v) is 6.37. The van der Waals surface area contributed by atoms with Gasteiger partial charge in [0, 0.05) is 22.5 Å². The van der Waals surface area contributed by atoms with Crippen LogP contribution in [0.1, 0.15) is 0 Å². The molecule has 84 valence electrons. The van der Waals surface area contributed by atoms with E-state index in [0.717, 1.165) is 4.47 Å². The van der Waals surface area contributed by atoms with E-state index in [4.69, 9.17) is 10.5 Å². The molecule has 0 heterocycles. The van der Waals surface area contributed by atoms with Crippen molar-refractivity contribution < 1.29 is 13.2 Å². The van der Waals surface area contributed by atoms with Crippen molar-refractivity contribution in [3.63, 3.8) is 0 Å². The van der Waals surface area contributed by atoms with Gasteiger partial charge in [-0.2, -0.15) is 0 Å². The summed E-state index contributed by atoms with van der Waals surface area (Å²) in [7, 11) is -2.98. The van der Waals surface area contributed by atoms with Crippen molar-refractivity contribution in [1.82, 2.24) is 0 Å². The minimum atomic E-state index is -2.98. The fourth-order valence-corrected chi connectivity index (χ4v) is 1.85. The molecule has 0 unspecified atom stereocenters. The molecule has 0 aliphatic carbocycles. The Morgan fingerprint density at radius 2 is 2.07 bits per heavy atom. The van der Waals surface area contributed by atoms with Gasteiger partial charge in [0.15, 0.2) is 9.84 Å². The Morgan fingerprint density at radius 3 is 2.60 bits per heavy atom. The first-order valence-electron chi connectivity index (χ1n) is 4.23. The number of rotatable bonds is 4.